The Labute approximate surface area is 257 Å². The van der Waals surface area contributed by atoms with Gasteiger partial charge in [-0.05, 0) is 0 Å². The quantitative estimate of drug-likeness (QED) is 0.0697. The van der Waals surface area contributed by atoms with Crippen molar-refractivity contribution < 1.29 is 97.5 Å². The van der Waals surface area contributed by atoms with Crippen LogP contribution in [0.1, 0.15) is 27.7 Å². The van der Waals surface area contributed by atoms with Gasteiger partial charge in [0.25, 0.3) is 0 Å². The second-order valence-electron chi connectivity index (χ2n) is 11.7. The van der Waals surface area contributed by atoms with Gasteiger partial charge < -0.3 is 28.7 Å². The Bertz CT molecular complexity index is 1150. The lowest BCUT2D eigenvalue weighted by Gasteiger charge is -2.33. The zero-order chi connectivity index (χ0) is 36.5. The van der Waals surface area contributed by atoms with Gasteiger partial charge in [-0.25, -0.2) is 12.6 Å². The number of hydrogen-bond donors (Lipinski definition) is 1. The normalized spacial score (nSPS) is 17.1. The average molecular weight is 747 g/mol. The maximum Gasteiger partial charge on any atom is 0.455 e. The molecule has 0 aromatic rings. The summed E-state index contributed by atoms with van der Waals surface area (Å²) in [5.74, 6) is -10.5. The lowest BCUT2D eigenvalue weighted by Crippen LogP contribution is -2.81. The summed E-state index contributed by atoms with van der Waals surface area (Å²) in [7, 11) is -10.1. The van der Waals surface area contributed by atoms with Crippen molar-refractivity contribution >= 4 is 20.7 Å². The Morgan fingerprint density at radius 1 is 0.522 bits per heavy atom. The first-order valence-electron chi connectivity index (χ1n) is 12.5. The number of rotatable bonds is 23. The highest BCUT2D eigenvalue weighted by Gasteiger charge is 2.58. The van der Waals surface area contributed by atoms with Crippen molar-refractivity contribution in [2.24, 2.45) is 16.2 Å². The van der Waals surface area contributed by atoms with Crippen LogP contribution in [0.15, 0.2) is 0 Å². The summed E-state index contributed by atoms with van der Waals surface area (Å²) in [5.41, 5.74) is -4.56. The highest BCUT2D eigenvalue weighted by atomic mass is 32.3. The van der Waals surface area contributed by atoms with E-state index in [0.29, 0.717) is 0 Å². The van der Waals surface area contributed by atoms with Crippen LogP contribution in [0.2, 0.25) is 0 Å². The minimum atomic E-state index is -5.95. The largest absolute Gasteiger partial charge is 0.726 e. The van der Waals surface area contributed by atoms with Crippen molar-refractivity contribution in [3.05, 3.63) is 5.21 Å². The number of quaternary nitrogens is 1. The monoisotopic (exact) mass is 746 g/mol. The lowest BCUT2D eigenvalue weighted by atomic mass is 9.92. The van der Waals surface area contributed by atoms with Crippen molar-refractivity contribution in [1.82, 2.24) is 0 Å². The van der Waals surface area contributed by atoms with E-state index in [1.165, 1.54) is 13.8 Å². The topological polar surface area (TPSA) is 186 Å². The summed E-state index contributed by atoms with van der Waals surface area (Å²) >= 11 is 0. The molecule has 0 aromatic heterocycles. The van der Waals surface area contributed by atoms with E-state index in [1.54, 1.807) is 0 Å². The van der Waals surface area contributed by atoms with Gasteiger partial charge in [-0.3, -0.25) is 9.07 Å². The van der Waals surface area contributed by atoms with Crippen molar-refractivity contribution in [1.29, 1.82) is 0 Å². The fourth-order valence-electron chi connectivity index (χ4n) is 2.92. The average Bonchev–Trinajstić information content (AvgIpc) is 2.84. The molecule has 0 fully saturated rings. The molecule has 0 bridgehead atoms. The number of hydrogen-bond acceptors (Lipinski definition) is 12. The molecule has 0 aliphatic carbocycles. The molecule has 2 unspecified atom stereocenters. The smallest absolute Gasteiger partial charge is 0.455 e. The molecule has 0 rings (SSSR count). The fraction of sp³-hybridized carbons (Fsp3) is 1.00. The highest BCUT2D eigenvalue weighted by molar-refractivity contribution is 7.80. The molecule has 25 heteroatoms. The molecule has 0 spiro atoms. The van der Waals surface area contributed by atoms with Crippen molar-refractivity contribution in [3.8, 4) is 0 Å². The Morgan fingerprint density at radius 2 is 0.826 bits per heavy atom. The highest BCUT2D eigenvalue weighted by Crippen LogP contribution is 2.37. The lowest BCUT2D eigenvalue weighted by molar-refractivity contribution is -0.428. The summed E-state index contributed by atoms with van der Waals surface area (Å²) in [4.78, 5) is -0.592. The Hall–Kier alpha value is -1.16. The molecular weight excluding hydrogens is 712 g/mol. The summed E-state index contributed by atoms with van der Waals surface area (Å²) in [6.45, 7) is -5.08. The van der Waals surface area contributed by atoms with Gasteiger partial charge in [-0.1, -0.05) is 27.7 Å². The molecule has 2 atom stereocenters. The fourth-order valence-corrected chi connectivity index (χ4v) is 3.85. The molecule has 2 N–H and O–H groups in total. The predicted octanol–water partition coefficient (Wildman–Crippen LogP) is 2.29. The van der Waals surface area contributed by atoms with Crippen LogP contribution in [-0.2, 0) is 48.0 Å². The molecule has 0 saturated heterocycles. The van der Waals surface area contributed by atoms with Crippen LogP contribution in [0.25, 0.3) is 0 Å². The Kier molecular flexibility index (Phi) is 16.1. The van der Waals surface area contributed by atoms with Crippen LogP contribution in [-0.4, -0.2) is 112 Å². The van der Waals surface area contributed by atoms with Crippen LogP contribution in [0.3, 0.4) is 0 Å². The van der Waals surface area contributed by atoms with E-state index in [9.17, 15) is 70.5 Å². The zero-order valence-electron chi connectivity index (χ0n) is 24.6. The van der Waals surface area contributed by atoms with Gasteiger partial charge in [-0.2, -0.15) is 43.9 Å². The second kappa shape index (κ2) is 16.5. The van der Waals surface area contributed by atoms with E-state index in [2.05, 4.69) is 17.8 Å². The summed E-state index contributed by atoms with van der Waals surface area (Å²) in [5, 5.41) is 10.6. The first-order chi connectivity index (χ1) is 20.3. The van der Waals surface area contributed by atoms with E-state index in [0.717, 1.165) is 13.8 Å². The van der Waals surface area contributed by atoms with Gasteiger partial charge in [-0.15, -0.1) is 8.42 Å². The first kappa shape index (κ1) is 44.8. The molecule has 0 aliphatic rings. The van der Waals surface area contributed by atoms with Crippen LogP contribution >= 0.6 is 0 Å². The minimum absolute atomic E-state index is 0.335. The Morgan fingerprint density at radius 3 is 1.11 bits per heavy atom. The number of nitrogens with two attached hydrogens (primary N) is 1. The van der Waals surface area contributed by atoms with Gasteiger partial charge >= 0.3 is 34.5 Å². The molecule has 0 radical (unpaired) electrons. The third-order valence-corrected chi connectivity index (χ3v) is 6.51. The van der Waals surface area contributed by atoms with Crippen molar-refractivity contribution in [3.63, 3.8) is 0 Å². The van der Waals surface area contributed by atoms with Gasteiger partial charge in [0.05, 0.1) is 52.9 Å². The standard InChI is InChI=1S/C21H35F10NO12S2/c1-15(2,6-40-8-17(4,12-44-46(36,37)38)10-42-14-19(24,25)21(29,30)31)5-39-7-16(3,11-43-45(34,35)32-33)9-41-13-18(22,23)20(26,27)28/h5-14,32H2,1-4H3,(H,36,37,38)/p-1. The third-order valence-electron chi connectivity index (χ3n) is 5.43. The van der Waals surface area contributed by atoms with Gasteiger partial charge in [0, 0.05) is 16.2 Å². The Balaban J connectivity index is 5.37. The molecule has 0 amide bonds. The van der Waals surface area contributed by atoms with Crippen LogP contribution in [0, 0.1) is 21.5 Å². The van der Waals surface area contributed by atoms with E-state index >= 15 is 0 Å². The molecule has 13 nitrogen and oxygen atoms in total. The van der Waals surface area contributed by atoms with Crippen LogP contribution in [0.5, 0.6) is 0 Å². The molecule has 278 valence electrons. The predicted molar refractivity (Wildman–Crippen MR) is 131 cm³/mol. The van der Waals surface area contributed by atoms with Gasteiger partial charge in [0.15, 0.2) is 0 Å². The summed E-state index contributed by atoms with van der Waals surface area (Å²) in [6, 6.07) is 0. The van der Waals surface area contributed by atoms with E-state index in [-0.39, 0.29) is 13.2 Å². The molecule has 0 aliphatic heterocycles. The molecular formula is C21H34F10NO12S2-. The van der Waals surface area contributed by atoms with Gasteiger partial charge in [0.2, 0.25) is 10.4 Å². The first-order valence-corrected chi connectivity index (χ1v) is 15.3. The van der Waals surface area contributed by atoms with E-state index < -0.39 is 119 Å². The summed E-state index contributed by atoms with van der Waals surface area (Å²) in [6.07, 6.45) is -11.9. The minimum Gasteiger partial charge on any atom is -0.726 e. The molecule has 0 saturated carbocycles. The number of alkyl halides is 10. The number of halogens is 10. The van der Waals surface area contributed by atoms with E-state index in [1.807, 2.05) is 0 Å². The van der Waals surface area contributed by atoms with E-state index in [4.69, 9.17) is 9.47 Å². The van der Waals surface area contributed by atoms with Crippen LogP contribution in [0.4, 0.5) is 43.9 Å². The van der Waals surface area contributed by atoms with Crippen LogP contribution < -0.4 is 4.89 Å². The molecule has 0 heterocycles. The second-order valence-corrected chi connectivity index (χ2v) is 14.1. The number of ether oxygens (including phenoxy) is 4. The zero-order valence-corrected chi connectivity index (χ0v) is 26.3. The summed E-state index contributed by atoms with van der Waals surface area (Å²) < 4.78 is 211. The SMILES string of the molecule is CC(C)(COCC(C)(COCC(F)(F)C(F)(F)F)COS(=O)(=O)[O-])COCC(C)(COCC(F)(F)C(F)(F)F)COS(=O)(=O)[NH2+][O-]. The van der Waals surface area contributed by atoms with Crippen molar-refractivity contribution in [2.75, 3.05) is 66.1 Å². The van der Waals surface area contributed by atoms with Crippen molar-refractivity contribution in [2.45, 2.75) is 51.9 Å². The van der Waals surface area contributed by atoms with Gasteiger partial charge in [0.1, 0.15) is 13.2 Å². The molecule has 46 heavy (non-hydrogen) atoms. The maximum absolute atomic E-state index is 13.2. The third kappa shape index (κ3) is 17.3. The molecule has 0 aromatic carbocycles. The maximum atomic E-state index is 13.2.